The third kappa shape index (κ3) is 3.56. The molecule has 0 aliphatic carbocycles. The van der Waals surface area contributed by atoms with E-state index < -0.39 is 0 Å². The normalized spacial score (nSPS) is 11.0. The average molecular weight is 365 g/mol. The SMILES string of the molecule is CCCCn1cnc2c1c(=O)n(Cc1ccc(C#N)cc1)c(=O)n2CCC. The number of hydrogen-bond acceptors (Lipinski definition) is 4. The molecule has 27 heavy (non-hydrogen) atoms. The number of imidazole rings is 1. The first-order chi connectivity index (χ1) is 13.1. The molecule has 0 bridgehead atoms. The van der Waals surface area contributed by atoms with Crippen molar-refractivity contribution in [1.29, 1.82) is 5.26 Å². The van der Waals surface area contributed by atoms with Crippen LogP contribution in [0, 0.1) is 11.3 Å². The van der Waals surface area contributed by atoms with Crippen LogP contribution in [0.5, 0.6) is 0 Å². The van der Waals surface area contributed by atoms with Gasteiger partial charge in [0.15, 0.2) is 11.2 Å². The van der Waals surface area contributed by atoms with E-state index in [0.29, 0.717) is 29.8 Å². The van der Waals surface area contributed by atoms with E-state index >= 15 is 0 Å². The summed E-state index contributed by atoms with van der Waals surface area (Å²) in [6, 6.07) is 8.99. The van der Waals surface area contributed by atoms with E-state index in [1.165, 1.54) is 4.57 Å². The van der Waals surface area contributed by atoms with Gasteiger partial charge in [-0.25, -0.2) is 9.78 Å². The summed E-state index contributed by atoms with van der Waals surface area (Å²) in [4.78, 5) is 30.4. The molecule has 7 nitrogen and oxygen atoms in total. The standard InChI is InChI=1S/C20H23N5O2/c1-3-5-11-23-14-22-18-17(23)19(26)25(20(27)24(18)10-4-2)13-16-8-6-15(12-21)7-9-16/h6-9,14H,3-5,10-11,13H2,1-2H3. The Morgan fingerprint density at radius 2 is 1.78 bits per heavy atom. The summed E-state index contributed by atoms with van der Waals surface area (Å²) in [6.07, 6.45) is 4.37. The smallest absolute Gasteiger partial charge is 0.325 e. The van der Waals surface area contributed by atoms with Crippen molar-refractivity contribution in [1.82, 2.24) is 18.7 Å². The molecule has 7 heteroatoms. The molecule has 0 atom stereocenters. The van der Waals surface area contributed by atoms with Crippen LogP contribution in [0.2, 0.25) is 0 Å². The molecule has 0 N–H and O–H groups in total. The first-order valence-corrected chi connectivity index (χ1v) is 9.28. The molecule has 0 aliphatic heterocycles. The van der Waals surface area contributed by atoms with Crippen LogP contribution in [0.3, 0.4) is 0 Å². The highest BCUT2D eigenvalue weighted by Gasteiger charge is 2.17. The van der Waals surface area contributed by atoms with Crippen LogP contribution in [0.1, 0.15) is 44.2 Å². The van der Waals surface area contributed by atoms with Crippen molar-refractivity contribution < 1.29 is 0 Å². The van der Waals surface area contributed by atoms with Crippen molar-refractivity contribution in [3.63, 3.8) is 0 Å². The van der Waals surface area contributed by atoms with Gasteiger partial charge >= 0.3 is 5.69 Å². The summed E-state index contributed by atoms with van der Waals surface area (Å²) in [5.74, 6) is 0. The molecule has 0 fully saturated rings. The second kappa shape index (κ2) is 8.04. The number of unbranched alkanes of at least 4 members (excludes halogenated alkanes) is 1. The van der Waals surface area contributed by atoms with Crippen molar-refractivity contribution >= 4 is 11.2 Å². The molecular weight excluding hydrogens is 342 g/mol. The van der Waals surface area contributed by atoms with Crippen LogP contribution in [0.25, 0.3) is 11.2 Å². The van der Waals surface area contributed by atoms with Crippen LogP contribution in [-0.2, 0) is 19.6 Å². The Balaban J connectivity index is 2.16. The molecular formula is C20H23N5O2. The van der Waals surface area contributed by atoms with Crippen molar-refractivity contribution in [2.75, 3.05) is 0 Å². The summed E-state index contributed by atoms with van der Waals surface area (Å²) < 4.78 is 4.70. The summed E-state index contributed by atoms with van der Waals surface area (Å²) in [7, 11) is 0. The number of hydrogen-bond donors (Lipinski definition) is 0. The van der Waals surface area contributed by atoms with Crippen LogP contribution >= 0.6 is 0 Å². The van der Waals surface area contributed by atoms with Crippen LogP contribution in [0.15, 0.2) is 40.2 Å². The monoisotopic (exact) mass is 365 g/mol. The van der Waals surface area contributed by atoms with Gasteiger partial charge in [-0.2, -0.15) is 5.26 Å². The topological polar surface area (TPSA) is 85.6 Å². The van der Waals surface area contributed by atoms with Gasteiger partial charge in [-0.15, -0.1) is 0 Å². The number of fused-ring (bicyclic) bond motifs is 1. The van der Waals surface area contributed by atoms with Crippen LogP contribution in [-0.4, -0.2) is 18.7 Å². The molecule has 0 saturated heterocycles. The lowest BCUT2D eigenvalue weighted by Crippen LogP contribution is -2.41. The first-order valence-electron chi connectivity index (χ1n) is 9.28. The van der Waals surface area contributed by atoms with Gasteiger partial charge in [-0.3, -0.25) is 13.9 Å². The number of aryl methyl sites for hydroxylation is 2. The lowest BCUT2D eigenvalue weighted by molar-refractivity contribution is 0.585. The average Bonchev–Trinajstić information content (AvgIpc) is 3.11. The summed E-state index contributed by atoms with van der Waals surface area (Å²) in [5.41, 5.74) is 1.61. The second-order valence-corrected chi connectivity index (χ2v) is 6.60. The van der Waals surface area contributed by atoms with Gasteiger partial charge in [-0.1, -0.05) is 32.4 Å². The molecule has 3 rings (SSSR count). The maximum absolute atomic E-state index is 13.1. The van der Waals surface area contributed by atoms with E-state index in [2.05, 4.69) is 18.0 Å². The maximum Gasteiger partial charge on any atom is 0.333 e. The lowest BCUT2D eigenvalue weighted by atomic mass is 10.1. The van der Waals surface area contributed by atoms with Gasteiger partial charge < -0.3 is 4.57 Å². The minimum atomic E-state index is -0.348. The van der Waals surface area contributed by atoms with Gasteiger partial charge in [0, 0.05) is 13.1 Å². The van der Waals surface area contributed by atoms with Gasteiger partial charge in [0.2, 0.25) is 0 Å². The Bertz CT molecular complexity index is 1100. The first kappa shape index (κ1) is 18.6. The van der Waals surface area contributed by atoms with E-state index in [1.54, 1.807) is 35.2 Å². The zero-order valence-corrected chi connectivity index (χ0v) is 15.7. The predicted octanol–water partition coefficient (Wildman–Crippen LogP) is 2.49. The summed E-state index contributed by atoms with van der Waals surface area (Å²) >= 11 is 0. The van der Waals surface area contributed by atoms with Crippen molar-refractivity contribution in [2.24, 2.45) is 0 Å². The minimum Gasteiger partial charge on any atom is -0.325 e. The Kier molecular flexibility index (Phi) is 5.55. The highest BCUT2D eigenvalue weighted by molar-refractivity contribution is 5.70. The lowest BCUT2D eigenvalue weighted by Gasteiger charge is -2.12. The molecule has 1 aromatic carbocycles. The number of aromatic nitrogens is 4. The molecule has 2 aromatic heterocycles. The molecule has 0 radical (unpaired) electrons. The molecule has 140 valence electrons. The molecule has 3 aromatic rings. The van der Waals surface area contributed by atoms with E-state index in [9.17, 15) is 9.59 Å². The maximum atomic E-state index is 13.1. The number of nitriles is 1. The number of benzene rings is 1. The zero-order chi connectivity index (χ0) is 19.4. The fourth-order valence-corrected chi connectivity index (χ4v) is 3.17. The molecule has 2 heterocycles. The Morgan fingerprint density at radius 3 is 2.41 bits per heavy atom. The minimum absolute atomic E-state index is 0.169. The molecule has 0 saturated carbocycles. The van der Waals surface area contributed by atoms with Gasteiger partial charge in [0.1, 0.15) is 0 Å². The van der Waals surface area contributed by atoms with Gasteiger partial charge in [-0.05, 0) is 30.5 Å². The zero-order valence-electron chi connectivity index (χ0n) is 15.7. The van der Waals surface area contributed by atoms with Crippen LogP contribution < -0.4 is 11.2 Å². The summed E-state index contributed by atoms with van der Waals surface area (Å²) in [5, 5.41) is 8.93. The van der Waals surface area contributed by atoms with Crippen molar-refractivity contribution in [3.8, 4) is 6.07 Å². The van der Waals surface area contributed by atoms with E-state index in [4.69, 9.17) is 5.26 Å². The summed E-state index contributed by atoms with van der Waals surface area (Å²) in [6.45, 7) is 5.46. The largest absolute Gasteiger partial charge is 0.333 e. The third-order valence-electron chi connectivity index (χ3n) is 4.61. The van der Waals surface area contributed by atoms with Crippen molar-refractivity contribution in [3.05, 3.63) is 62.6 Å². The molecule has 0 spiro atoms. The fraction of sp³-hybridized carbons (Fsp3) is 0.400. The molecule has 0 aliphatic rings. The van der Waals surface area contributed by atoms with Gasteiger partial charge in [0.25, 0.3) is 5.56 Å². The highest BCUT2D eigenvalue weighted by Crippen LogP contribution is 2.10. The molecule has 0 unspecified atom stereocenters. The number of rotatable bonds is 7. The Morgan fingerprint density at radius 1 is 1.04 bits per heavy atom. The van der Waals surface area contributed by atoms with Crippen molar-refractivity contribution in [2.45, 2.75) is 52.7 Å². The van der Waals surface area contributed by atoms with Crippen LogP contribution in [0.4, 0.5) is 0 Å². The van der Waals surface area contributed by atoms with E-state index in [0.717, 1.165) is 24.8 Å². The fourth-order valence-electron chi connectivity index (χ4n) is 3.17. The second-order valence-electron chi connectivity index (χ2n) is 6.60. The predicted molar refractivity (Wildman–Crippen MR) is 104 cm³/mol. The van der Waals surface area contributed by atoms with E-state index in [-0.39, 0.29) is 17.8 Å². The third-order valence-corrected chi connectivity index (χ3v) is 4.61. The van der Waals surface area contributed by atoms with Gasteiger partial charge in [0.05, 0.1) is 24.5 Å². The number of nitrogens with zero attached hydrogens (tertiary/aromatic N) is 5. The Labute approximate surface area is 157 Å². The quantitative estimate of drug-likeness (QED) is 0.644. The molecule has 0 amide bonds. The Hall–Kier alpha value is -3.14. The highest BCUT2D eigenvalue weighted by atomic mass is 16.2. The van der Waals surface area contributed by atoms with E-state index in [1.807, 2.05) is 11.5 Å².